The summed E-state index contributed by atoms with van der Waals surface area (Å²) in [5, 5.41) is 9.61. The fraction of sp³-hybridized carbons (Fsp3) is 0.800. The first-order valence-corrected chi connectivity index (χ1v) is 4.55. The minimum Gasteiger partial charge on any atom is -0.393 e. The van der Waals surface area contributed by atoms with Gasteiger partial charge in [-0.15, -0.1) is 6.58 Å². The molecule has 12 heavy (non-hydrogen) atoms. The van der Waals surface area contributed by atoms with Gasteiger partial charge in [0.1, 0.15) is 0 Å². The molecule has 0 aliphatic heterocycles. The van der Waals surface area contributed by atoms with Crippen LogP contribution in [0.25, 0.3) is 0 Å². The minimum atomic E-state index is -0.136. The van der Waals surface area contributed by atoms with Gasteiger partial charge in [0.2, 0.25) is 0 Å². The molecular weight excluding hydrogens is 152 g/mol. The first kappa shape index (κ1) is 9.75. The maximum absolute atomic E-state index is 9.61. The van der Waals surface area contributed by atoms with Crippen molar-refractivity contribution in [2.24, 2.45) is 11.8 Å². The molecule has 1 rings (SSSR count). The smallest absolute Gasteiger partial charge is 0.0575 e. The maximum atomic E-state index is 9.61. The average molecular weight is 170 g/mol. The second-order valence-corrected chi connectivity index (χ2v) is 3.64. The molecule has 1 aliphatic carbocycles. The molecule has 2 heteroatoms. The summed E-state index contributed by atoms with van der Waals surface area (Å²) in [7, 11) is 1.72. The van der Waals surface area contributed by atoms with Crippen LogP contribution < -0.4 is 0 Å². The van der Waals surface area contributed by atoms with Gasteiger partial charge in [-0.1, -0.05) is 6.08 Å². The van der Waals surface area contributed by atoms with Gasteiger partial charge in [-0.05, 0) is 31.1 Å². The number of methoxy groups -OCH3 is 1. The fourth-order valence-electron chi connectivity index (χ4n) is 2.05. The third-order valence-corrected chi connectivity index (χ3v) is 2.63. The highest BCUT2D eigenvalue weighted by molar-refractivity contribution is 4.87. The van der Waals surface area contributed by atoms with E-state index in [0.29, 0.717) is 11.8 Å². The van der Waals surface area contributed by atoms with Crippen LogP contribution in [0, 0.1) is 11.8 Å². The molecule has 1 aliphatic rings. The Balaban J connectivity index is 2.33. The van der Waals surface area contributed by atoms with Crippen molar-refractivity contribution in [1.82, 2.24) is 0 Å². The van der Waals surface area contributed by atoms with Crippen LogP contribution in [0.4, 0.5) is 0 Å². The Morgan fingerprint density at radius 1 is 1.58 bits per heavy atom. The Kier molecular flexibility index (Phi) is 3.76. The van der Waals surface area contributed by atoms with Crippen LogP contribution in [0.15, 0.2) is 12.7 Å². The van der Waals surface area contributed by atoms with Crippen molar-refractivity contribution in [1.29, 1.82) is 0 Å². The number of aliphatic hydroxyl groups is 1. The zero-order valence-electron chi connectivity index (χ0n) is 7.70. The van der Waals surface area contributed by atoms with Crippen LogP contribution >= 0.6 is 0 Å². The SMILES string of the molecule is C=CCC1CC(COC)CC1O. The molecule has 3 unspecified atom stereocenters. The highest BCUT2D eigenvalue weighted by Crippen LogP contribution is 2.33. The predicted octanol–water partition coefficient (Wildman–Crippen LogP) is 1.60. The summed E-state index contributed by atoms with van der Waals surface area (Å²) in [6.45, 7) is 4.47. The lowest BCUT2D eigenvalue weighted by molar-refractivity contribution is 0.122. The van der Waals surface area contributed by atoms with Gasteiger partial charge in [-0.25, -0.2) is 0 Å². The van der Waals surface area contributed by atoms with Gasteiger partial charge in [-0.3, -0.25) is 0 Å². The van der Waals surface area contributed by atoms with Crippen molar-refractivity contribution in [3.63, 3.8) is 0 Å². The van der Waals surface area contributed by atoms with Crippen LogP contribution in [-0.4, -0.2) is 24.9 Å². The number of ether oxygens (including phenoxy) is 1. The zero-order chi connectivity index (χ0) is 8.97. The van der Waals surface area contributed by atoms with Gasteiger partial charge in [0.15, 0.2) is 0 Å². The molecule has 1 fully saturated rings. The summed E-state index contributed by atoms with van der Waals surface area (Å²) in [5.41, 5.74) is 0. The van der Waals surface area contributed by atoms with Crippen LogP contribution in [0.5, 0.6) is 0 Å². The molecule has 0 amide bonds. The average Bonchev–Trinajstić information content (AvgIpc) is 2.34. The van der Waals surface area contributed by atoms with E-state index in [1.165, 1.54) is 0 Å². The van der Waals surface area contributed by atoms with E-state index < -0.39 is 0 Å². The lowest BCUT2D eigenvalue weighted by Gasteiger charge is -2.10. The summed E-state index contributed by atoms with van der Waals surface area (Å²) in [6.07, 6.45) is 4.67. The zero-order valence-corrected chi connectivity index (χ0v) is 7.70. The van der Waals surface area contributed by atoms with E-state index in [-0.39, 0.29) is 6.10 Å². The molecule has 0 radical (unpaired) electrons. The van der Waals surface area contributed by atoms with Crippen molar-refractivity contribution in [3.8, 4) is 0 Å². The van der Waals surface area contributed by atoms with Gasteiger partial charge in [0.25, 0.3) is 0 Å². The lowest BCUT2D eigenvalue weighted by Crippen LogP contribution is -2.11. The highest BCUT2D eigenvalue weighted by atomic mass is 16.5. The Bertz CT molecular complexity index is 145. The quantitative estimate of drug-likeness (QED) is 0.649. The molecular formula is C10H18O2. The van der Waals surface area contributed by atoms with E-state index in [4.69, 9.17) is 4.74 Å². The molecule has 0 saturated heterocycles. The first-order valence-electron chi connectivity index (χ1n) is 4.55. The van der Waals surface area contributed by atoms with E-state index in [1.807, 2.05) is 6.08 Å². The molecule has 0 aromatic heterocycles. The number of hydrogen-bond acceptors (Lipinski definition) is 2. The van der Waals surface area contributed by atoms with Gasteiger partial charge in [-0.2, -0.15) is 0 Å². The summed E-state index contributed by atoms with van der Waals surface area (Å²) in [5.74, 6) is 0.970. The Morgan fingerprint density at radius 3 is 2.92 bits per heavy atom. The molecule has 3 atom stereocenters. The Hall–Kier alpha value is -0.340. The van der Waals surface area contributed by atoms with Crippen molar-refractivity contribution < 1.29 is 9.84 Å². The van der Waals surface area contributed by atoms with E-state index >= 15 is 0 Å². The lowest BCUT2D eigenvalue weighted by atomic mass is 10.0. The normalized spacial score (nSPS) is 35.3. The van der Waals surface area contributed by atoms with E-state index in [9.17, 15) is 5.11 Å². The van der Waals surface area contributed by atoms with E-state index in [2.05, 4.69) is 6.58 Å². The molecule has 0 heterocycles. The number of rotatable bonds is 4. The third-order valence-electron chi connectivity index (χ3n) is 2.63. The molecule has 1 saturated carbocycles. The molecule has 2 nitrogen and oxygen atoms in total. The molecule has 0 spiro atoms. The van der Waals surface area contributed by atoms with Crippen molar-refractivity contribution >= 4 is 0 Å². The van der Waals surface area contributed by atoms with Gasteiger partial charge in [0.05, 0.1) is 6.10 Å². The topological polar surface area (TPSA) is 29.5 Å². The molecule has 70 valence electrons. The fourth-order valence-corrected chi connectivity index (χ4v) is 2.05. The third kappa shape index (κ3) is 2.32. The first-order chi connectivity index (χ1) is 5.77. The molecule has 1 N–H and O–H groups in total. The van der Waals surface area contributed by atoms with E-state index in [0.717, 1.165) is 25.9 Å². The second-order valence-electron chi connectivity index (χ2n) is 3.64. The maximum Gasteiger partial charge on any atom is 0.0575 e. The van der Waals surface area contributed by atoms with Crippen LogP contribution in [0.2, 0.25) is 0 Å². The molecule has 0 aromatic rings. The summed E-state index contributed by atoms with van der Waals surface area (Å²) in [4.78, 5) is 0. The van der Waals surface area contributed by atoms with Crippen LogP contribution in [-0.2, 0) is 4.74 Å². The summed E-state index contributed by atoms with van der Waals surface area (Å²) < 4.78 is 5.06. The van der Waals surface area contributed by atoms with Crippen molar-refractivity contribution in [2.45, 2.75) is 25.4 Å². The predicted molar refractivity (Wildman–Crippen MR) is 48.9 cm³/mol. The largest absolute Gasteiger partial charge is 0.393 e. The van der Waals surface area contributed by atoms with Gasteiger partial charge in [0, 0.05) is 13.7 Å². The monoisotopic (exact) mass is 170 g/mol. The number of allylic oxidation sites excluding steroid dienone is 1. The Morgan fingerprint density at radius 2 is 2.33 bits per heavy atom. The Labute approximate surface area is 74.2 Å². The summed E-state index contributed by atoms with van der Waals surface area (Å²) >= 11 is 0. The molecule has 0 aromatic carbocycles. The minimum absolute atomic E-state index is 0.136. The van der Waals surface area contributed by atoms with Crippen LogP contribution in [0.3, 0.4) is 0 Å². The van der Waals surface area contributed by atoms with Crippen molar-refractivity contribution in [3.05, 3.63) is 12.7 Å². The highest BCUT2D eigenvalue weighted by Gasteiger charge is 2.31. The van der Waals surface area contributed by atoms with Crippen LogP contribution in [0.1, 0.15) is 19.3 Å². The summed E-state index contributed by atoms with van der Waals surface area (Å²) in [6, 6.07) is 0. The standard InChI is InChI=1S/C10H18O2/c1-3-4-9-5-8(7-12-2)6-10(9)11/h3,8-11H,1,4-7H2,2H3. The molecule has 0 bridgehead atoms. The van der Waals surface area contributed by atoms with Gasteiger partial charge < -0.3 is 9.84 Å². The number of hydrogen-bond donors (Lipinski definition) is 1. The number of aliphatic hydroxyl groups excluding tert-OH is 1. The second kappa shape index (κ2) is 4.63. The van der Waals surface area contributed by atoms with Gasteiger partial charge >= 0.3 is 0 Å². The van der Waals surface area contributed by atoms with E-state index in [1.54, 1.807) is 7.11 Å². The van der Waals surface area contributed by atoms with Crippen molar-refractivity contribution in [2.75, 3.05) is 13.7 Å².